The maximum atomic E-state index is 13.3. The molecule has 1 amide bonds. The second-order valence-electron chi connectivity index (χ2n) is 6.50. The summed E-state index contributed by atoms with van der Waals surface area (Å²) >= 11 is 5.98. The number of amides is 1. The number of methoxy groups -OCH3 is 1. The molecule has 2 aromatic carbocycles. The molecule has 134 valence electrons. The zero-order valence-electron chi connectivity index (χ0n) is 14.2. The van der Waals surface area contributed by atoms with Gasteiger partial charge in [0.25, 0.3) is 0 Å². The first-order valence-electron chi connectivity index (χ1n) is 8.46. The lowest BCUT2D eigenvalue weighted by Gasteiger charge is -2.45. The van der Waals surface area contributed by atoms with Crippen LogP contribution in [0.3, 0.4) is 0 Å². The molecular weight excluding hydrogens is 354 g/mol. The third-order valence-electron chi connectivity index (χ3n) is 5.09. The van der Waals surface area contributed by atoms with Gasteiger partial charge in [0.2, 0.25) is 5.91 Å². The van der Waals surface area contributed by atoms with Crippen molar-refractivity contribution in [1.29, 1.82) is 0 Å². The Kier molecular flexibility index (Phi) is 4.42. The summed E-state index contributed by atoms with van der Waals surface area (Å²) in [6.45, 7) is 0.445. The Balaban J connectivity index is 1.76. The van der Waals surface area contributed by atoms with Gasteiger partial charge in [-0.15, -0.1) is 0 Å². The van der Waals surface area contributed by atoms with E-state index in [4.69, 9.17) is 21.1 Å². The molecule has 0 spiro atoms. The van der Waals surface area contributed by atoms with E-state index in [0.717, 1.165) is 16.8 Å². The molecule has 2 aromatic rings. The molecule has 26 heavy (non-hydrogen) atoms. The predicted molar refractivity (Wildman–Crippen MR) is 96.8 cm³/mol. The second-order valence-corrected chi connectivity index (χ2v) is 6.93. The number of para-hydroxylation sites is 1. The van der Waals surface area contributed by atoms with Crippen LogP contribution >= 0.6 is 11.6 Å². The van der Waals surface area contributed by atoms with Crippen molar-refractivity contribution >= 4 is 29.2 Å². The molecule has 0 aliphatic carbocycles. The number of hydrogen-bond donors (Lipinski definition) is 0. The number of fused-ring (bicyclic) bond motifs is 3. The molecular formula is C20H18ClNO4. The van der Waals surface area contributed by atoms with E-state index in [1.54, 1.807) is 17.0 Å². The van der Waals surface area contributed by atoms with Gasteiger partial charge in [-0.05, 0) is 23.8 Å². The predicted octanol–water partition coefficient (Wildman–Crippen LogP) is 3.51. The minimum Gasteiger partial charge on any atom is -0.468 e. The molecule has 0 saturated carbocycles. The number of carbonyl (C=O) groups is 2. The van der Waals surface area contributed by atoms with Crippen LogP contribution in [0.2, 0.25) is 5.02 Å². The van der Waals surface area contributed by atoms with Crippen LogP contribution in [-0.4, -0.2) is 25.2 Å². The van der Waals surface area contributed by atoms with Crippen LogP contribution < -0.4 is 4.90 Å². The molecule has 2 aliphatic heterocycles. The Labute approximate surface area is 156 Å². The van der Waals surface area contributed by atoms with E-state index in [-0.39, 0.29) is 11.8 Å². The maximum Gasteiger partial charge on any atom is 0.318 e. The van der Waals surface area contributed by atoms with Gasteiger partial charge in [-0.1, -0.05) is 41.9 Å². The van der Waals surface area contributed by atoms with Gasteiger partial charge in [0.15, 0.2) is 0 Å². The highest BCUT2D eigenvalue weighted by molar-refractivity contribution is 6.30. The summed E-state index contributed by atoms with van der Waals surface area (Å²) in [6.07, 6.45) is 0.112. The number of esters is 1. The normalized spacial score (nSPS) is 24.6. The minimum atomic E-state index is -0.910. The molecule has 2 aliphatic rings. The van der Waals surface area contributed by atoms with E-state index >= 15 is 0 Å². The number of halogens is 1. The average Bonchev–Trinajstić information content (AvgIpc) is 2.67. The summed E-state index contributed by atoms with van der Waals surface area (Å²) in [5.74, 6) is -2.05. The second kappa shape index (κ2) is 6.74. The van der Waals surface area contributed by atoms with E-state index < -0.39 is 18.1 Å². The smallest absolute Gasteiger partial charge is 0.318 e. The van der Waals surface area contributed by atoms with E-state index in [1.165, 1.54) is 7.11 Å². The quantitative estimate of drug-likeness (QED) is 0.599. The van der Waals surface area contributed by atoms with Crippen LogP contribution in [0.5, 0.6) is 0 Å². The highest BCUT2D eigenvalue weighted by atomic mass is 35.5. The third kappa shape index (κ3) is 2.77. The van der Waals surface area contributed by atoms with Gasteiger partial charge >= 0.3 is 5.97 Å². The highest BCUT2D eigenvalue weighted by Gasteiger charge is 2.49. The van der Waals surface area contributed by atoms with Crippen molar-refractivity contribution in [3.05, 3.63) is 64.7 Å². The molecule has 0 bridgehead atoms. The zero-order chi connectivity index (χ0) is 18.3. The average molecular weight is 372 g/mol. The molecule has 0 radical (unpaired) electrons. The van der Waals surface area contributed by atoms with Gasteiger partial charge < -0.3 is 9.47 Å². The summed E-state index contributed by atoms with van der Waals surface area (Å²) in [5.41, 5.74) is 2.61. The number of hydrogen-bond acceptors (Lipinski definition) is 4. The topological polar surface area (TPSA) is 55.8 Å². The van der Waals surface area contributed by atoms with E-state index in [9.17, 15) is 9.59 Å². The summed E-state index contributed by atoms with van der Waals surface area (Å²) in [4.78, 5) is 27.4. The molecule has 4 rings (SSSR count). The van der Waals surface area contributed by atoms with Crippen LogP contribution in [0, 0.1) is 5.92 Å². The van der Waals surface area contributed by atoms with Crippen molar-refractivity contribution in [2.45, 2.75) is 25.2 Å². The summed E-state index contributed by atoms with van der Waals surface area (Å²) in [6, 6.07) is 14.8. The van der Waals surface area contributed by atoms with E-state index in [0.29, 0.717) is 18.1 Å². The van der Waals surface area contributed by atoms with E-state index in [2.05, 4.69) is 0 Å². The van der Waals surface area contributed by atoms with Crippen molar-refractivity contribution in [1.82, 2.24) is 0 Å². The summed E-state index contributed by atoms with van der Waals surface area (Å²) in [7, 11) is 1.31. The van der Waals surface area contributed by atoms with Gasteiger partial charge in [0.05, 0.1) is 19.4 Å². The number of nitrogens with zero attached hydrogens (tertiary/aromatic N) is 1. The lowest BCUT2D eigenvalue weighted by Crippen LogP contribution is -2.56. The first-order chi connectivity index (χ1) is 12.6. The number of anilines is 1. The largest absolute Gasteiger partial charge is 0.468 e. The fourth-order valence-electron chi connectivity index (χ4n) is 3.82. The lowest BCUT2D eigenvalue weighted by atomic mass is 9.78. The fraction of sp³-hybridized carbons (Fsp3) is 0.300. The lowest BCUT2D eigenvalue weighted by molar-refractivity contribution is -0.154. The molecule has 1 saturated heterocycles. The van der Waals surface area contributed by atoms with E-state index in [1.807, 2.05) is 36.4 Å². The van der Waals surface area contributed by atoms with Crippen LogP contribution in [0.15, 0.2) is 48.5 Å². The molecule has 0 N–H and O–H groups in total. The number of ether oxygens (including phenoxy) is 2. The summed E-state index contributed by atoms with van der Waals surface area (Å²) < 4.78 is 10.9. The van der Waals surface area contributed by atoms with Crippen LogP contribution in [0.25, 0.3) is 0 Å². The zero-order valence-corrected chi connectivity index (χ0v) is 15.0. The van der Waals surface area contributed by atoms with Gasteiger partial charge in [0, 0.05) is 22.9 Å². The van der Waals surface area contributed by atoms with Crippen LogP contribution in [0.1, 0.15) is 23.5 Å². The minimum absolute atomic E-state index is 0.291. The summed E-state index contributed by atoms with van der Waals surface area (Å²) in [5, 5.41) is 0.606. The molecule has 0 aromatic heterocycles. The Morgan fingerprint density at radius 1 is 1.19 bits per heavy atom. The molecule has 5 nitrogen and oxygen atoms in total. The Morgan fingerprint density at radius 3 is 2.65 bits per heavy atom. The Hall–Kier alpha value is -2.37. The molecule has 0 unspecified atom stereocenters. The standard InChI is InChI=1S/C20H18ClNO4/c1-25-20(24)18-15(12-6-8-14(21)9-7-12)10-17-22(19(18)23)16-5-3-2-4-13(16)11-26-17/h2-9,15,17-18H,10-11H2,1H3/t15-,17-,18-/m1/s1. The van der Waals surface area contributed by atoms with Crippen molar-refractivity contribution < 1.29 is 19.1 Å². The number of piperidine rings is 1. The van der Waals surface area contributed by atoms with Gasteiger partial charge in [-0.25, -0.2) is 0 Å². The molecule has 2 heterocycles. The SMILES string of the molecule is COC(=O)[C@H]1C(=O)N2c3ccccc3CO[C@@H]2C[C@@H]1c1ccc(Cl)cc1. The van der Waals surface area contributed by atoms with Crippen LogP contribution in [-0.2, 0) is 25.7 Å². The number of rotatable bonds is 2. The Morgan fingerprint density at radius 2 is 1.92 bits per heavy atom. The van der Waals surface area contributed by atoms with Gasteiger partial charge in [0.1, 0.15) is 12.1 Å². The maximum absolute atomic E-state index is 13.3. The van der Waals surface area contributed by atoms with Gasteiger partial charge in [-0.2, -0.15) is 0 Å². The van der Waals surface area contributed by atoms with Gasteiger partial charge in [-0.3, -0.25) is 14.5 Å². The molecule has 3 atom stereocenters. The molecule has 6 heteroatoms. The fourth-order valence-corrected chi connectivity index (χ4v) is 3.95. The van der Waals surface area contributed by atoms with Crippen molar-refractivity contribution in [2.24, 2.45) is 5.92 Å². The van der Waals surface area contributed by atoms with Crippen molar-refractivity contribution in [2.75, 3.05) is 12.0 Å². The number of carbonyl (C=O) groups excluding carboxylic acids is 2. The highest BCUT2D eigenvalue weighted by Crippen LogP contribution is 2.43. The van der Waals surface area contributed by atoms with Crippen molar-refractivity contribution in [3.63, 3.8) is 0 Å². The van der Waals surface area contributed by atoms with Crippen LogP contribution in [0.4, 0.5) is 5.69 Å². The third-order valence-corrected chi connectivity index (χ3v) is 5.34. The first kappa shape index (κ1) is 17.1. The first-order valence-corrected chi connectivity index (χ1v) is 8.84. The monoisotopic (exact) mass is 371 g/mol. The Bertz CT molecular complexity index is 851. The number of benzene rings is 2. The molecule has 1 fully saturated rings. The van der Waals surface area contributed by atoms with Crippen molar-refractivity contribution in [3.8, 4) is 0 Å².